The Morgan fingerprint density at radius 1 is 1.35 bits per heavy atom. The Kier molecular flexibility index (Phi) is 4.53. The number of hydrogen-bond acceptors (Lipinski definition) is 2. The maximum absolute atomic E-state index is 13.0. The largest absolute Gasteiger partial charge is 0.460 e. The van der Waals surface area contributed by atoms with Gasteiger partial charge < -0.3 is 14.6 Å². The molecule has 1 heterocycles. The average molecular weight is 277 g/mol. The summed E-state index contributed by atoms with van der Waals surface area (Å²) in [6.45, 7) is 2.80. The minimum absolute atomic E-state index is 0.156. The third-order valence-electron chi connectivity index (χ3n) is 2.84. The molecule has 1 amide bonds. The van der Waals surface area contributed by atoms with Crippen molar-refractivity contribution in [2.45, 2.75) is 13.5 Å². The number of hydrogen-bond donors (Lipinski definition) is 2. The molecule has 20 heavy (non-hydrogen) atoms. The summed E-state index contributed by atoms with van der Waals surface area (Å²) in [5.74, 6) is 1.18. The van der Waals surface area contributed by atoms with E-state index in [4.69, 9.17) is 4.42 Å². The summed E-state index contributed by atoms with van der Waals surface area (Å²) < 4.78 is 18.5. The van der Waals surface area contributed by atoms with E-state index in [2.05, 4.69) is 5.32 Å². The smallest absolute Gasteiger partial charge is 0.279 e. The van der Waals surface area contributed by atoms with Gasteiger partial charge in [-0.05, 0) is 37.3 Å². The lowest BCUT2D eigenvalue weighted by Crippen LogP contribution is -3.08. The van der Waals surface area contributed by atoms with Gasteiger partial charge in [0.05, 0.1) is 7.05 Å². The van der Waals surface area contributed by atoms with E-state index >= 15 is 0 Å². The van der Waals surface area contributed by atoms with Gasteiger partial charge in [-0.25, -0.2) is 4.39 Å². The van der Waals surface area contributed by atoms with Crippen LogP contribution in [0.25, 0.3) is 0 Å². The van der Waals surface area contributed by atoms with Crippen LogP contribution in [0.2, 0.25) is 0 Å². The molecule has 0 saturated carbocycles. The van der Waals surface area contributed by atoms with E-state index in [9.17, 15) is 9.18 Å². The molecular formula is C15H18FN2O2+. The third-order valence-corrected chi connectivity index (χ3v) is 2.84. The maximum Gasteiger partial charge on any atom is 0.279 e. The molecule has 0 aliphatic heterocycles. The monoisotopic (exact) mass is 277 g/mol. The molecule has 1 atom stereocenters. The van der Waals surface area contributed by atoms with Crippen LogP contribution in [-0.2, 0) is 11.3 Å². The molecule has 4 nitrogen and oxygen atoms in total. The molecule has 0 radical (unpaired) electrons. The Hall–Kier alpha value is -2.14. The van der Waals surface area contributed by atoms with Crippen molar-refractivity contribution in [1.82, 2.24) is 0 Å². The Balaban J connectivity index is 1.84. The highest BCUT2D eigenvalue weighted by molar-refractivity contribution is 5.91. The van der Waals surface area contributed by atoms with Crippen molar-refractivity contribution in [2.24, 2.45) is 0 Å². The number of carbonyl (C=O) groups is 1. The van der Waals surface area contributed by atoms with Crippen LogP contribution in [-0.4, -0.2) is 19.5 Å². The normalized spacial score (nSPS) is 12.2. The summed E-state index contributed by atoms with van der Waals surface area (Å²) >= 11 is 0. The summed E-state index contributed by atoms with van der Waals surface area (Å²) in [6.07, 6.45) is 0. The number of nitrogens with one attached hydrogen (secondary N) is 2. The fourth-order valence-electron chi connectivity index (χ4n) is 1.99. The van der Waals surface area contributed by atoms with Crippen molar-refractivity contribution < 1.29 is 18.5 Å². The van der Waals surface area contributed by atoms with Crippen LogP contribution >= 0.6 is 0 Å². The van der Waals surface area contributed by atoms with Crippen LogP contribution in [0, 0.1) is 12.7 Å². The number of quaternary nitrogens is 1. The minimum atomic E-state index is -0.366. The highest BCUT2D eigenvalue weighted by Crippen LogP contribution is 2.08. The van der Waals surface area contributed by atoms with E-state index in [-0.39, 0.29) is 18.3 Å². The molecule has 2 rings (SSSR count). The number of aryl methyl sites for hydroxylation is 1. The van der Waals surface area contributed by atoms with Gasteiger partial charge in [0.2, 0.25) is 0 Å². The lowest BCUT2D eigenvalue weighted by Gasteiger charge is -2.12. The number of furan rings is 1. The van der Waals surface area contributed by atoms with Gasteiger partial charge in [-0.15, -0.1) is 0 Å². The SMILES string of the molecule is Cc1ccc(C[NH+](C)CC(=O)Nc2cccc(F)c2)o1. The van der Waals surface area contributed by atoms with Gasteiger partial charge in [-0.3, -0.25) is 4.79 Å². The predicted molar refractivity (Wildman–Crippen MR) is 73.9 cm³/mol. The molecule has 5 heteroatoms. The van der Waals surface area contributed by atoms with E-state index in [1.54, 1.807) is 12.1 Å². The van der Waals surface area contributed by atoms with Crippen molar-refractivity contribution in [3.8, 4) is 0 Å². The summed E-state index contributed by atoms with van der Waals surface area (Å²) in [7, 11) is 1.91. The quantitative estimate of drug-likeness (QED) is 0.867. The first-order chi connectivity index (χ1) is 9.52. The fraction of sp³-hybridized carbons (Fsp3) is 0.267. The van der Waals surface area contributed by atoms with Crippen molar-refractivity contribution >= 4 is 11.6 Å². The van der Waals surface area contributed by atoms with Crippen molar-refractivity contribution in [3.63, 3.8) is 0 Å². The van der Waals surface area contributed by atoms with Gasteiger partial charge >= 0.3 is 0 Å². The van der Waals surface area contributed by atoms with Gasteiger partial charge in [0.15, 0.2) is 12.3 Å². The van der Waals surface area contributed by atoms with Crippen LogP contribution in [0.15, 0.2) is 40.8 Å². The zero-order valence-corrected chi connectivity index (χ0v) is 11.6. The molecular weight excluding hydrogens is 259 g/mol. The number of rotatable bonds is 5. The molecule has 1 aromatic heterocycles. The highest BCUT2D eigenvalue weighted by Gasteiger charge is 2.12. The van der Waals surface area contributed by atoms with E-state index in [1.165, 1.54) is 12.1 Å². The van der Waals surface area contributed by atoms with Crippen LogP contribution in [0.1, 0.15) is 11.5 Å². The fourth-order valence-corrected chi connectivity index (χ4v) is 1.99. The second-order valence-corrected chi connectivity index (χ2v) is 4.88. The van der Waals surface area contributed by atoms with Crippen LogP contribution in [0.4, 0.5) is 10.1 Å². The maximum atomic E-state index is 13.0. The summed E-state index contributed by atoms with van der Waals surface area (Å²) in [4.78, 5) is 12.8. The molecule has 1 unspecified atom stereocenters. The summed E-state index contributed by atoms with van der Waals surface area (Å²) in [5.41, 5.74) is 0.469. The Morgan fingerprint density at radius 3 is 2.80 bits per heavy atom. The first-order valence-electron chi connectivity index (χ1n) is 6.45. The Morgan fingerprint density at radius 2 is 2.15 bits per heavy atom. The third kappa shape index (κ3) is 4.20. The van der Waals surface area contributed by atoms with E-state index in [0.29, 0.717) is 12.2 Å². The lowest BCUT2D eigenvalue weighted by molar-refractivity contribution is -0.886. The molecule has 0 aliphatic carbocycles. The Bertz CT molecular complexity index is 595. The average Bonchev–Trinajstić information content (AvgIpc) is 2.74. The summed E-state index contributed by atoms with van der Waals surface area (Å²) in [5, 5.41) is 2.67. The van der Waals surface area contributed by atoms with Gasteiger partial charge in [0.1, 0.15) is 18.1 Å². The van der Waals surface area contributed by atoms with E-state index in [1.807, 2.05) is 26.1 Å². The van der Waals surface area contributed by atoms with Crippen LogP contribution in [0.5, 0.6) is 0 Å². The topological polar surface area (TPSA) is 46.7 Å². The first kappa shape index (κ1) is 14.3. The second-order valence-electron chi connectivity index (χ2n) is 4.88. The first-order valence-corrected chi connectivity index (χ1v) is 6.45. The van der Waals surface area contributed by atoms with Gasteiger partial charge in [0.25, 0.3) is 5.91 Å². The van der Waals surface area contributed by atoms with Crippen molar-refractivity contribution in [3.05, 3.63) is 53.7 Å². The highest BCUT2D eigenvalue weighted by atomic mass is 19.1. The molecule has 0 bridgehead atoms. The van der Waals surface area contributed by atoms with E-state index < -0.39 is 0 Å². The molecule has 1 aromatic carbocycles. The number of likely N-dealkylation sites (N-methyl/N-ethyl adjacent to an activating group) is 1. The number of amides is 1. The zero-order chi connectivity index (χ0) is 14.5. The summed E-state index contributed by atoms with van der Waals surface area (Å²) in [6, 6.07) is 9.66. The molecule has 0 fully saturated rings. The van der Waals surface area contributed by atoms with Gasteiger partial charge in [0, 0.05) is 5.69 Å². The molecule has 106 valence electrons. The lowest BCUT2D eigenvalue weighted by atomic mass is 10.3. The molecule has 0 spiro atoms. The van der Waals surface area contributed by atoms with Crippen LogP contribution < -0.4 is 10.2 Å². The zero-order valence-electron chi connectivity index (χ0n) is 11.6. The molecule has 0 saturated heterocycles. The molecule has 0 aliphatic rings. The van der Waals surface area contributed by atoms with E-state index in [0.717, 1.165) is 16.4 Å². The van der Waals surface area contributed by atoms with Crippen molar-refractivity contribution in [1.29, 1.82) is 0 Å². The van der Waals surface area contributed by atoms with Crippen molar-refractivity contribution in [2.75, 3.05) is 18.9 Å². The number of anilines is 1. The predicted octanol–water partition coefficient (Wildman–Crippen LogP) is 1.38. The van der Waals surface area contributed by atoms with Gasteiger partial charge in [-0.2, -0.15) is 0 Å². The minimum Gasteiger partial charge on any atom is -0.460 e. The Labute approximate surface area is 117 Å². The van der Waals surface area contributed by atoms with Gasteiger partial charge in [-0.1, -0.05) is 6.07 Å². The number of halogens is 1. The number of benzene rings is 1. The molecule has 2 aromatic rings. The second kappa shape index (κ2) is 6.34. The molecule has 2 N–H and O–H groups in total. The number of carbonyl (C=O) groups excluding carboxylic acids is 1. The standard InChI is InChI=1S/C15H17FN2O2/c1-11-6-7-14(20-11)9-18(2)10-15(19)17-13-5-3-4-12(16)8-13/h3-8H,9-10H2,1-2H3,(H,17,19)/p+1. The van der Waals surface area contributed by atoms with Crippen LogP contribution in [0.3, 0.4) is 0 Å².